The van der Waals surface area contributed by atoms with Gasteiger partial charge in [0.25, 0.3) is 0 Å². The zero-order chi connectivity index (χ0) is 13.1. The molecular weight excluding hydrogens is 244 g/mol. The summed E-state index contributed by atoms with van der Waals surface area (Å²) in [5.74, 6) is 0.202. The Morgan fingerprint density at radius 1 is 1.17 bits per heavy atom. The van der Waals surface area contributed by atoms with Crippen LogP contribution < -0.4 is 5.73 Å². The van der Waals surface area contributed by atoms with Crippen molar-refractivity contribution in [1.29, 1.82) is 0 Å². The molecule has 2 unspecified atom stereocenters. The Morgan fingerprint density at radius 2 is 1.83 bits per heavy atom. The van der Waals surface area contributed by atoms with E-state index in [0.717, 1.165) is 16.1 Å². The van der Waals surface area contributed by atoms with Gasteiger partial charge in [0.15, 0.2) is 0 Å². The van der Waals surface area contributed by atoms with Crippen LogP contribution >= 0.6 is 11.6 Å². The predicted molar refractivity (Wildman–Crippen MR) is 75.8 cm³/mol. The average Bonchev–Trinajstić information content (AvgIpc) is 2.38. The molecule has 0 spiro atoms. The van der Waals surface area contributed by atoms with E-state index in [1.807, 2.05) is 37.3 Å². The number of nitrogens with zero attached hydrogens (tertiary/aromatic N) is 1. The van der Waals surface area contributed by atoms with E-state index in [1.54, 1.807) is 12.4 Å². The van der Waals surface area contributed by atoms with Crippen molar-refractivity contribution >= 4 is 11.6 Å². The van der Waals surface area contributed by atoms with Gasteiger partial charge in [0.05, 0.1) is 0 Å². The van der Waals surface area contributed by atoms with Gasteiger partial charge in [-0.3, -0.25) is 4.98 Å². The second kappa shape index (κ2) is 5.51. The third kappa shape index (κ3) is 2.71. The molecule has 2 nitrogen and oxygen atoms in total. The molecule has 2 rings (SSSR count). The summed E-state index contributed by atoms with van der Waals surface area (Å²) in [6, 6.07) is 9.89. The molecule has 0 saturated heterocycles. The van der Waals surface area contributed by atoms with Gasteiger partial charge < -0.3 is 5.73 Å². The Hall–Kier alpha value is -1.38. The third-order valence-electron chi connectivity index (χ3n) is 3.29. The quantitative estimate of drug-likeness (QED) is 0.911. The van der Waals surface area contributed by atoms with Crippen LogP contribution in [0, 0.1) is 6.92 Å². The summed E-state index contributed by atoms with van der Waals surface area (Å²) in [5, 5.41) is 0.739. The lowest BCUT2D eigenvalue weighted by atomic mass is 9.89. The molecule has 0 radical (unpaired) electrons. The van der Waals surface area contributed by atoms with Crippen LogP contribution in [0.4, 0.5) is 0 Å². The molecule has 18 heavy (non-hydrogen) atoms. The minimum absolute atomic E-state index is 0.111. The lowest BCUT2D eigenvalue weighted by Gasteiger charge is -2.21. The molecule has 1 heterocycles. The second-order valence-corrected chi connectivity index (χ2v) is 5.03. The van der Waals surface area contributed by atoms with E-state index >= 15 is 0 Å². The Bertz CT molecular complexity index is 525. The van der Waals surface area contributed by atoms with Crippen molar-refractivity contribution in [2.75, 3.05) is 0 Å². The van der Waals surface area contributed by atoms with Crippen molar-refractivity contribution in [1.82, 2.24) is 4.98 Å². The van der Waals surface area contributed by atoms with Crippen LogP contribution in [0.2, 0.25) is 5.02 Å². The van der Waals surface area contributed by atoms with Crippen molar-refractivity contribution in [2.24, 2.45) is 5.73 Å². The molecule has 0 amide bonds. The highest BCUT2D eigenvalue weighted by Gasteiger charge is 2.18. The number of hydrogen-bond acceptors (Lipinski definition) is 2. The van der Waals surface area contributed by atoms with Crippen molar-refractivity contribution < 1.29 is 0 Å². The summed E-state index contributed by atoms with van der Waals surface area (Å²) in [6.45, 7) is 4.13. The van der Waals surface area contributed by atoms with E-state index < -0.39 is 0 Å². The second-order valence-electron chi connectivity index (χ2n) is 4.62. The van der Waals surface area contributed by atoms with E-state index in [9.17, 15) is 0 Å². The lowest BCUT2D eigenvalue weighted by Crippen LogP contribution is -2.18. The summed E-state index contributed by atoms with van der Waals surface area (Å²) < 4.78 is 0. The van der Waals surface area contributed by atoms with Crippen LogP contribution in [-0.4, -0.2) is 4.98 Å². The molecule has 0 aliphatic rings. The molecule has 2 N–H and O–H groups in total. The van der Waals surface area contributed by atoms with Gasteiger partial charge in [-0.25, -0.2) is 0 Å². The maximum absolute atomic E-state index is 6.32. The average molecular weight is 261 g/mol. The van der Waals surface area contributed by atoms with E-state index in [1.165, 1.54) is 5.56 Å². The smallest absolute Gasteiger partial charge is 0.0456 e. The van der Waals surface area contributed by atoms with E-state index in [2.05, 4.69) is 11.9 Å². The van der Waals surface area contributed by atoms with Crippen molar-refractivity contribution in [3.8, 4) is 0 Å². The van der Waals surface area contributed by atoms with Gasteiger partial charge in [-0.2, -0.15) is 0 Å². The van der Waals surface area contributed by atoms with Crippen LogP contribution in [0.15, 0.2) is 42.7 Å². The highest BCUT2D eigenvalue weighted by Crippen LogP contribution is 2.32. The predicted octanol–water partition coefficient (Wildman–Crippen LogP) is 3.85. The molecule has 1 aromatic carbocycles. The molecule has 2 aromatic rings. The van der Waals surface area contributed by atoms with Crippen molar-refractivity contribution in [3.05, 3.63) is 64.4 Å². The largest absolute Gasteiger partial charge is 0.323 e. The molecule has 2 atom stereocenters. The number of hydrogen-bond donors (Lipinski definition) is 1. The molecule has 3 heteroatoms. The van der Waals surface area contributed by atoms with Crippen LogP contribution in [-0.2, 0) is 0 Å². The minimum atomic E-state index is -0.111. The van der Waals surface area contributed by atoms with Crippen LogP contribution in [0.3, 0.4) is 0 Å². The number of halogens is 1. The number of rotatable bonds is 3. The highest BCUT2D eigenvalue weighted by molar-refractivity contribution is 6.31. The molecular formula is C15H17ClN2. The van der Waals surface area contributed by atoms with Gasteiger partial charge in [0, 0.05) is 29.4 Å². The highest BCUT2D eigenvalue weighted by atomic mass is 35.5. The first kappa shape index (κ1) is 13.1. The molecule has 0 saturated carbocycles. The Kier molecular flexibility index (Phi) is 4.00. The van der Waals surface area contributed by atoms with Gasteiger partial charge in [0.2, 0.25) is 0 Å². The molecule has 0 bridgehead atoms. The van der Waals surface area contributed by atoms with Gasteiger partial charge in [0.1, 0.15) is 0 Å². The summed E-state index contributed by atoms with van der Waals surface area (Å²) in [6.07, 6.45) is 3.57. The van der Waals surface area contributed by atoms with Crippen molar-refractivity contribution in [2.45, 2.75) is 25.8 Å². The monoisotopic (exact) mass is 260 g/mol. The van der Waals surface area contributed by atoms with Crippen LogP contribution in [0.25, 0.3) is 0 Å². The summed E-state index contributed by atoms with van der Waals surface area (Å²) in [5.41, 5.74) is 9.63. The molecule has 0 aliphatic heterocycles. The zero-order valence-corrected chi connectivity index (χ0v) is 11.4. The van der Waals surface area contributed by atoms with Crippen LogP contribution in [0.1, 0.15) is 35.6 Å². The fraction of sp³-hybridized carbons (Fsp3) is 0.267. The standard InChI is InChI=1S/C15H17ClN2/c1-10-3-4-13(14(16)9-10)15(17)11(2)12-5-7-18-8-6-12/h3-9,11,15H,17H2,1-2H3. The lowest BCUT2D eigenvalue weighted by molar-refractivity contribution is 0.597. The summed E-state index contributed by atoms with van der Waals surface area (Å²) >= 11 is 6.26. The fourth-order valence-electron chi connectivity index (χ4n) is 2.05. The Balaban J connectivity index is 2.28. The normalized spacial score (nSPS) is 14.2. The number of nitrogens with two attached hydrogens (primary N) is 1. The van der Waals surface area contributed by atoms with Gasteiger partial charge >= 0.3 is 0 Å². The maximum Gasteiger partial charge on any atom is 0.0456 e. The Morgan fingerprint density at radius 3 is 2.44 bits per heavy atom. The number of aryl methyl sites for hydroxylation is 1. The molecule has 0 fully saturated rings. The molecule has 0 aliphatic carbocycles. The molecule has 94 valence electrons. The SMILES string of the molecule is Cc1ccc(C(N)C(C)c2ccncc2)c(Cl)c1. The number of benzene rings is 1. The Labute approximate surface area is 113 Å². The zero-order valence-electron chi connectivity index (χ0n) is 10.6. The van der Waals surface area contributed by atoms with E-state index in [4.69, 9.17) is 17.3 Å². The first-order chi connectivity index (χ1) is 8.59. The summed E-state index contributed by atoms with van der Waals surface area (Å²) in [7, 11) is 0. The minimum Gasteiger partial charge on any atom is -0.323 e. The number of aromatic nitrogens is 1. The van der Waals surface area contributed by atoms with Gasteiger partial charge in [-0.1, -0.05) is 30.7 Å². The van der Waals surface area contributed by atoms with E-state index in [0.29, 0.717) is 0 Å². The van der Waals surface area contributed by atoms with Gasteiger partial charge in [-0.05, 0) is 41.8 Å². The van der Waals surface area contributed by atoms with Crippen LogP contribution in [0.5, 0.6) is 0 Å². The number of pyridine rings is 1. The molecule has 1 aromatic heterocycles. The first-order valence-corrected chi connectivity index (χ1v) is 6.39. The third-order valence-corrected chi connectivity index (χ3v) is 3.61. The summed E-state index contributed by atoms with van der Waals surface area (Å²) in [4.78, 5) is 4.02. The van der Waals surface area contributed by atoms with Crippen molar-refractivity contribution in [3.63, 3.8) is 0 Å². The first-order valence-electron chi connectivity index (χ1n) is 6.01. The van der Waals surface area contributed by atoms with Gasteiger partial charge in [-0.15, -0.1) is 0 Å². The topological polar surface area (TPSA) is 38.9 Å². The maximum atomic E-state index is 6.32. The fourth-order valence-corrected chi connectivity index (χ4v) is 2.41. The van der Waals surface area contributed by atoms with E-state index in [-0.39, 0.29) is 12.0 Å².